The SMILES string of the molecule is Cc1nn(C)c(C)c1S(=O)(=O)Nc1cccc(-c2nc3ccccc3s2)c1. The van der Waals surface area contributed by atoms with E-state index in [-0.39, 0.29) is 4.90 Å². The number of rotatable bonds is 4. The molecule has 2 aromatic carbocycles. The average Bonchev–Trinajstić information content (AvgIpc) is 3.15. The summed E-state index contributed by atoms with van der Waals surface area (Å²) >= 11 is 1.58. The lowest BCUT2D eigenvalue weighted by Crippen LogP contribution is -2.14. The van der Waals surface area contributed by atoms with Gasteiger partial charge in [0.1, 0.15) is 9.90 Å². The topological polar surface area (TPSA) is 76.9 Å². The van der Waals surface area contributed by atoms with E-state index < -0.39 is 10.0 Å². The lowest BCUT2D eigenvalue weighted by molar-refractivity contribution is 0.599. The standard InChI is InChI=1S/C19H18N4O2S2/c1-12-18(13(2)23(3)21-12)27(24,25)22-15-8-6-7-14(11-15)19-20-16-9-4-5-10-17(16)26-19/h4-11,22H,1-3H3. The fourth-order valence-electron chi connectivity index (χ4n) is 3.06. The predicted octanol–water partition coefficient (Wildman–Crippen LogP) is 4.11. The summed E-state index contributed by atoms with van der Waals surface area (Å²) < 4.78 is 31.1. The van der Waals surface area contributed by atoms with E-state index in [1.54, 1.807) is 49.0 Å². The van der Waals surface area contributed by atoms with E-state index in [4.69, 9.17) is 0 Å². The summed E-state index contributed by atoms with van der Waals surface area (Å²) in [5.74, 6) is 0. The van der Waals surface area contributed by atoms with Gasteiger partial charge in [-0.3, -0.25) is 9.40 Å². The molecule has 1 N–H and O–H groups in total. The van der Waals surface area contributed by atoms with Crippen LogP contribution in [0.1, 0.15) is 11.4 Å². The van der Waals surface area contributed by atoms with Crippen LogP contribution in [-0.4, -0.2) is 23.2 Å². The summed E-state index contributed by atoms with van der Waals surface area (Å²) in [5.41, 5.74) is 3.38. The Labute approximate surface area is 161 Å². The Hall–Kier alpha value is -2.71. The lowest BCUT2D eigenvalue weighted by atomic mass is 10.2. The molecule has 0 saturated carbocycles. The molecule has 4 rings (SSSR count). The summed E-state index contributed by atoms with van der Waals surface area (Å²) in [6.45, 7) is 3.44. The van der Waals surface area contributed by atoms with E-state index in [0.29, 0.717) is 17.1 Å². The first-order valence-electron chi connectivity index (χ1n) is 8.34. The molecule has 0 aliphatic heterocycles. The summed E-state index contributed by atoms with van der Waals surface area (Å²) in [6.07, 6.45) is 0. The maximum Gasteiger partial charge on any atom is 0.265 e. The third-order valence-corrected chi connectivity index (χ3v) is 7.09. The predicted molar refractivity (Wildman–Crippen MR) is 109 cm³/mol. The van der Waals surface area contributed by atoms with Gasteiger partial charge >= 0.3 is 0 Å². The number of aromatic nitrogens is 3. The number of thiazole rings is 1. The van der Waals surface area contributed by atoms with Crippen LogP contribution in [0.2, 0.25) is 0 Å². The molecule has 0 aliphatic carbocycles. The van der Waals surface area contributed by atoms with Gasteiger partial charge in [-0.15, -0.1) is 11.3 Å². The van der Waals surface area contributed by atoms with Crippen LogP contribution < -0.4 is 4.72 Å². The summed E-state index contributed by atoms with van der Waals surface area (Å²) in [4.78, 5) is 4.86. The number of anilines is 1. The second kappa shape index (κ2) is 6.47. The molecule has 0 bridgehead atoms. The van der Waals surface area contributed by atoms with Crippen molar-refractivity contribution in [2.75, 3.05) is 4.72 Å². The van der Waals surface area contributed by atoms with Crippen LogP contribution in [0, 0.1) is 13.8 Å². The Bertz CT molecular complexity index is 1220. The van der Waals surface area contributed by atoms with E-state index in [1.807, 2.05) is 36.4 Å². The van der Waals surface area contributed by atoms with Crippen molar-refractivity contribution in [2.24, 2.45) is 7.05 Å². The Kier molecular flexibility index (Phi) is 4.24. The highest BCUT2D eigenvalue weighted by atomic mass is 32.2. The maximum absolute atomic E-state index is 12.9. The van der Waals surface area contributed by atoms with Crippen molar-refractivity contribution < 1.29 is 8.42 Å². The lowest BCUT2D eigenvalue weighted by Gasteiger charge is -2.09. The van der Waals surface area contributed by atoms with Crippen LogP contribution in [0.25, 0.3) is 20.8 Å². The number of nitrogens with zero attached hydrogens (tertiary/aromatic N) is 3. The third-order valence-electron chi connectivity index (χ3n) is 4.37. The van der Waals surface area contributed by atoms with Crippen molar-refractivity contribution in [1.82, 2.24) is 14.8 Å². The second-order valence-corrected chi connectivity index (χ2v) is 8.95. The quantitative estimate of drug-likeness (QED) is 0.561. The molecule has 0 amide bonds. The molecule has 0 spiro atoms. The molecule has 0 unspecified atom stereocenters. The fourth-order valence-corrected chi connectivity index (χ4v) is 5.51. The van der Waals surface area contributed by atoms with E-state index in [2.05, 4.69) is 14.8 Å². The molecule has 6 nitrogen and oxygen atoms in total. The largest absolute Gasteiger partial charge is 0.279 e. The summed E-state index contributed by atoms with van der Waals surface area (Å²) in [6, 6.07) is 15.2. The molecule has 2 heterocycles. The molecule has 0 aliphatic rings. The Morgan fingerprint density at radius 3 is 2.56 bits per heavy atom. The van der Waals surface area contributed by atoms with Gasteiger partial charge in [0, 0.05) is 18.3 Å². The zero-order valence-corrected chi connectivity index (χ0v) is 16.7. The van der Waals surface area contributed by atoms with Crippen LogP contribution in [-0.2, 0) is 17.1 Å². The van der Waals surface area contributed by atoms with Gasteiger partial charge in [-0.2, -0.15) is 5.10 Å². The van der Waals surface area contributed by atoms with Gasteiger partial charge in [0.05, 0.1) is 21.6 Å². The molecule has 0 fully saturated rings. The van der Waals surface area contributed by atoms with Crippen molar-refractivity contribution in [3.8, 4) is 10.6 Å². The van der Waals surface area contributed by atoms with E-state index >= 15 is 0 Å². The van der Waals surface area contributed by atoms with Gasteiger partial charge in [-0.05, 0) is 38.1 Å². The zero-order chi connectivity index (χ0) is 19.2. The normalized spacial score (nSPS) is 11.8. The summed E-state index contributed by atoms with van der Waals surface area (Å²) in [5, 5.41) is 5.05. The first-order valence-corrected chi connectivity index (χ1v) is 10.6. The van der Waals surface area contributed by atoms with Crippen molar-refractivity contribution >= 4 is 37.3 Å². The van der Waals surface area contributed by atoms with Crippen LogP contribution in [0.4, 0.5) is 5.69 Å². The number of hydrogen-bond acceptors (Lipinski definition) is 5. The number of nitrogens with one attached hydrogen (secondary N) is 1. The van der Waals surface area contributed by atoms with E-state index in [0.717, 1.165) is 20.8 Å². The molecule has 0 atom stereocenters. The number of aryl methyl sites for hydroxylation is 2. The molecule has 4 aromatic rings. The van der Waals surface area contributed by atoms with Gasteiger partial charge in [0.15, 0.2) is 0 Å². The number of sulfonamides is 1. The van der Waals surface area contributed by atoms with Crippen molar-refractivity contribution in [1.29, 1.82) is 0 Å². The number of para-hydroxylation sites is 1. The molecule has 0 radical (unpaired) electrons. The van der Waals surface area contributed by atoms with Gasteiger partial charge < -0.3 is 0 Å². The zero-order valence-electron chi connectivity index (χ0n) is 15.1. The highest BCUT2D eigenvalue weighted by molar-refractivity contribution is 7.92. The molecule has 8 heteroatoms. The third kappa shape index (κ3) is 3.22. The van der Waals surface area contributed by atoms with Gasteiger partial charge in [0.2, 0.25) is 0 Å². The minimum atomic E-state index is -3.73. The molecule has 27 heavy (non-hydrogen) atoms. The van der Waals surface area contributed by atoms with E-state index in [9.17, 15) is 8.42 Å². The van der Waals surface area contributed by atoms with Crippen LogP contribution in [0.15, 0.2) is 53.4 Å². The summed E-state index contributed by atoms with van der Waals surface area (Å²) in [7, 11) is -2.00. The fraction of sp³-hybridized carbons (Fsp3) is 0.158. The van der Waals surface area contributed by atoms with Gasteiger partial charge in [-0.1, -0.05) is 24.3 Å². The molecule has 0 saturated heterocycles. The van der Waals surface area contributed by atoms with Crippen LogP contribution in [0.3, 0.4) is 0 Å². The molecule has 2 aromatic heterocycles. The minimum absolute atomic E-state index is 0.218. The van der Waals surface area contributed by atoms with Crippen LogP contribution in [0.5, 0.6) is 0 Å². The maximum atomic E-state index is 12.9. The second-order valence-electron chi connectivity index (χ2n) is 6.30. The Morgan fingerprint density at radius 1 is 1.07 bits per heavy atom. The number of benzene rings is 2. The van der Waals surface area contributed by atoms with Gasteiger partial charge in [0.25, 0.3) is 10.0 Å². The molecular weight excluding hydrogens is 380 g/mol. The highest BCUT2D eigenvalue weighted by Gasteiger charge is 2.24. The molecule has 138 valence electrons. The minimum Gasteiger partial charge on any atom is -0.279 e. The smallest absolute Gasteiger partial charge is 0.265 e. The molecular formula is C19H18N4O2S2. The first kappa shape index (κ1) is 17.7. The average molecular weight is 399 g/mol. The van der Waals surface area contributed by atoms with Crippen molar-refractivity contribution in [3.63, 3.8) is 0 Å². The van der Waals surface area contributed by atoms with Crippen molar-refractivity contribution in [3.05, 3.63) is 59.9 Å². The highest BCUT2D eigenvalue weighted by Crippen LogP contribution is 2.32. The Balaban J connectivity index is 1.70. The van der Waals surface area contributed by atoms with Crippen molar-refractivity contribution in [2.45, 2.75) is 18.7 Å². The van der Waals surface area contributed by atoms with Crippen LogP contribution >= 0.6 is 11.3 Å². The monoisotopic (exact) mass is 398 g/mol. The van der Waals surface area contributed by atoms with E-state index in [1.165, 1.54) is 0 Å². The van der Waals surface area contributed by atoms with Gasteiger partial charge in [-0.25, -0.2) is 13.4 Å². The first-order chi connectivity index (χ1) is 12.8. The number of hydrogen-bond donors (Lipinski definition) is 1. The Morgan fingerprint density at radius 2 is 1.85 bits per heavy atom. The number of fused-ring (bicyclic) bond motifs is 1.